The van der Waals surface area contributed by atoms with Crippen molar-refractivity contribution < 1.29 is 13.2 Å². The number of sulfonamides is 1. The van der Waals surface area contributed by atoms with Gasteiger partial charge in [0.15, 0.2) is 5.82 Å². The standard InChI is InChI=1S/C15H24N4O3S/c1-3-23(20,21)16-8-6-13-7-9-22-15(13)10-19(11-15)14-5-4-12(2)17-18-14/h4-5,13,16H,3,6-11H2,1-2H3. The lowest BCUT2D eigenvalue weighted by atomic mass is 9.79. The number of hydrogen-bond donors (Lipinski definition) is 1. The Kier molecular flexibility index (Phi) is 4.57. The van der Waals surface area contributed by atoms with E-state index in [9.17, 15) is 8.42 Å². The van der Waals surface area contributed by atoms with Crippen LogP contribution in [0.1, 0.15) is 25.5 Å². The molecule has 2 aliphatic rings. The molecule has 2 fully saturated rings. The summed E-state index contributed by atoms with van der Waals surface area (Å²) in [6, 6.07) is 3.94. The van der Waals surface area contributed by atoms with Crippen molar-refractivity contribution in [1.29, 1.82) is 0 Å². The third kappa shape index (κ3) is 3.49. The predicted octanol–water partition coefficient (Wildman–Crippen LogP) is 0.710. The molecule has 0 aromatic carbocycles. The number of ether oxygens (including phenoxy) is 1. The Morgan fingerprint density at radius 3 is 2.83 bits per heavy atom. The lowest BCUT2D eigenvalue weighted by Crippen LogP contribution is -2.65. The Bertz CT molecular complexity index is 641. The second kappa shape index (κ2) is 6.33. The molecule has 1 unspecified atom stereocenters. The first kappa shape index (κ1) is 16.6. The van der Waals surface area contributed by atoms with E-state index < -0.39 is 10.0 Å². The number of nitrogens with one attached hydrogen (secondary N) is 1. The lowest BCUT2D eigenvalue weighted by molar-refractivity contribution is -0.0454. The molecule has 0 saturated carbocycles. The summed E-state index contributed by atoms with van der Waals surface area (Å²) < 4.78 is 31.7. The number of rotatable bonds is 6. The van der Waals surface area contributed by atoms with Crippen molar-refractivity contribution in [3.8, 4) is 0 Å². The van der Waals surface area contributed by atoms with Crippen molar-refractivity contribution in [2.75, 3.05) is 36.9 Å². The zero-order chi connectivity index (χ0) is 16.5. The predicted molar refractivity (Wildman–Crippen MR) is 87.9 cm³/mol. The van der Waals surface area contributed by atoms with E-state index in [1.165, 1.54) is 0 Å². The fourth-order valence-electron chi connectivity index (χ4n) is 3.36. The molecule has 0 bridgehead atoms. The first-order chi connectivity index (χ1) is 10.9. The van der Waals surface area contributed by atoms with Crippen LogP contribution in [0.2, 0.25) is 0 Å². The van der Waals surface area contributed by atoms with Crippen molar-refractivity contribution in [3.05, 3.63) is 17.8 Å². The molecule has 1 N–H and O–H groups in total. The van der Waals surface area contributed by atoms with E-state index in [1.807, 2.05) is 19.1 Å². The SMILES string of the molecule is CCS(=O)(=O)NCCC1CCOC12CN(c1ccc(C)nn1)C2. The Hall–Kier alpha value is -1.25. The molecule has 0 aliphatic carbocycles. The lowest BCUT2D eigenvalue weighted by Gasteiger charge is -2.50. The van der Waals surface area contributed by atoms with Gasteiger partial charge in [0, 0.05) is 13.2 Å². The average molecular weight is 340 g/mol. The van der Waals surface area contributed by atoms with Crippen molar-refractivity contribution in [1.82, 2.24) is 14.9 Å². The number of aromatic nitrogens is 2. The molecular weight excluding hydrogens is 316 g/mol. The molecule has 0 amide bonds. The molecule has 3 heterocycles. The summed E-state index contributed by atoms with van der Waals surface area (Å²) in [6.07, 6.45) is 1.80. The highest BCUT2D eigenvalue weighted by Gasteiger charge is 2.53. The van der Waals surface area contributed by atoms with Gasteiger partial charge in [0.1, 0.15) is 5.60 Å². The third-order valence-electron chi connectivity index (χ3n) is 4.82. The van der Waals surface area contributed by atoms with Crippen LogP contribution in [0.3, 0.4) is 0 Å². The van der Waals surface area contributed by atoms with E-state index in [2.05, 4.69) is 19.8 Å². The molecule has 1 aromatic heterocycles. The highest BCUT2D eigenvalue weighted by molar-refractivity contribution is 7.89. The maximum absolute atomic E-state index is 11.5. The van der Waals surface area contributed by atoms with Gasteiger partial charge < -0.3 is 9.64 Å². The molecule has 0 radical (unpaired) electrons. The average Bonchev–Trinajstić information content (AvgIpc) is 2.90. The van der Waals surface area contributed by atoms with Crippen LogP contribution in [0.5, 0.6) is 0 Å². The van der Waals surface area contributed by atoms with E-state index in [-0.39, 0.29) is 11.4 Å². The Morgan fingerprint density at radius 1 is 1.39 bits per heavy atom. The van der Waals surface area contributed by atoms with Crippen molar-refractivity contribution >= 4 is 15.8 Å². The summed E-state index contributed by atoms with van der Waals surface area (Å²) in [6.45, 7) is 6.40. The highest BCUT2D eigenvalue weighted by atomic mass is 32.2. The first-order valence-electron chi connectivity index (χ1n) is 8.11. The van der Waals surface area contributed by atoms with Crippen LogP contribution < -0.4 is 9.62 Å². The van der Waals surface area contributed by atoms with Gasteiger partial charge in [0.25, 0.3) is 0 Å². The van der Waals surface area contributed by atoms with Gasteiger partial charge in [-0.15, -0.1) is 5.10 Å². The Labute approximate surface area is 137 Å². The van der Waals surface area contributed by atoms with E-state index in [0.717, 1.165) is 44.0 Å². The molecule has 1 spiro atoms. The largest absolute Gasteiger partial charge is 0.371 e. The minimum atomic E-state index is -3.11. The van der Waals surface area contributed by atoms with E-state index >= 15 is 0 Å². The van der Waals surface area contributed by atoms with Gasteiger partial charge in [-0.05, 0) is 44.7 Å². The van der Waals surface area contributed by atoms with Gasteiger partial charge in [-0.3, -0.25) is 0 Å². The summed E-state index contributed by atoms with van der Waals surface area (Å²) in [4.78, 5) is 2.17. The van der Waals surface area contributed by atoms with Crippen LogP contribution in [0.15, 0.2) is 12.1 Å². The number of hydrogen-bond acceptors (Lipinski definition) is 6. The fraction of sp³-hybridized carbons (Fsp3) is 0.733. The number of nitrogens with zero attached hydrogens (tertiary/aromatic N) is 3. The number of anilines is 1. The second-order valence-corrected chi connectivity index (χ2v) is 8.47. The maximum atomic E-state index is 11.5. The van der Waals surface area contributed by atoms with E-state index in [4.69, 9.17) is 4.74 Å². The summed E-state index contributed by atoms with van der Waals surface area (Å²) in [5.41, 5.74) is 0.756. The minimum absolute atomic E-state index is 0.124. The van der Waals surface area contributed by atoms with Crippen LogP contribution in [0.25, 0.3) is 0 Å². The topological polar surface area (TPSA) is 84.4 Å². The number of aryl methyl sites for hydroxylation is 1. The zero-order valence-electron chi connectivity index (χ0n) is 13.7. The summed E-state index contributed by atoms with van der Waals surface area (Å²) in [7, 11) is -3.11. The van der Waals surface area contributed by atoms with Gasteiger partial charge in [-0.25, -0.2) is 13.1 Å². The van der Waals surface area contributed by atoms with Gasteiger partial charge in [-0.1, -0.05) is 0 Å². The Balaban J connectivity index is 1.55. The molecule has 3 rings (SSSR count). The molecule has 128 valence electrons. The van der Waals surface area contributed by atoms with Crippen LogP contribution in [0.4, 0.5) is 5.82 Å². The Morgan fingerprint density at radius 2 is 2.17 bits per heavy atom. The fourth-order valence-corrected chi connectivity index (χ4v) is 3.99. The van der Waals surface area contributed by atoms with Gasteiger partial charge in [0.05, 0.1) is 24.5 Å². The molecule has 8 heteroatoms. The van der Waals surface area contributed by atoms with Crippen LogP contribution in [0, 0.1) is 12.8 Å². The van der Waals surface area contributed by atoms with Gasteiger partial charge >= 0.3 is 0 Å². The zero-order valence-corrected chi connectivity index (χ0v) is 14.5. The molecule has 1 atom stereocenters. The smallest absolute Gasteiger partial charge is 0.211 e. The van der Waals surface area contributed by atoms with E-state index in [0.29, 0.717) is 12.5 Å². The molecule has 2 aliphatic heterocycles. The van der Waals surface area contributed by atoms with Crippen LogP contribution >= 0.6 is 0 Å². The minimum Gasteiger partial charge on any atom is -0.371 e. The molecule has 1 aromatic rings. The van der Waals surface area contributed by atoms with Crippen LogP contribution in [-0.2, 0) is 14.8 Å². The summed E-state index contributed by atoms with van der Waals surface area (Å²) in [5, 5.41) is 8.31. The normalized spacial score (nSPS) is 23.2. The van der Waals surface area contributed by atoms with Crippen molar-refractivity contribution in [2.45, 2.75) is 32.3 Å². The monoisotopic (exact) mass is 340 g/mol. The first-order valence-corrected chi connectivity index (χ1v) is 9.76. The molecule has 7 nitrogen and oxygen atoms in total. The summed E-state index contributed by atoms with van der Waals surface area (Å²) >= 11 is 0. The van der Waals surface area contributed by atoms with E-state index in [1.54, 1.807) is 6.92 Å². The molecular formula is C15H24N4O3S. The summed E-state index contributed by atoms with van der Waals surface area (Å²) in [5.74, 6) is 1.39. The molecule has 23 heavy (non-hydrogen) atoms. The third-order valence-corrected chi connectivity index (χ3v) is 6.22. The molecule has 2 saturated heterocycles. The highest BCUT2D eigenvalue weighted by Crippen LogP contribution is 2.42. The second-order valence-electron chi connectivity index (χ2n) is 6.37. The van der Waals surface area contributed by atoms with Gasteiger partial charge in [-0.2, -0.15) is 5.10 Å². The maximum Gasteiger partial charge on any atom is 0.211 e. The van der Waals surface area contributed by atoms with Crippen LogP contribution in [-0.4, -0.2) is 56.2 Å². The van der Waals surface area contributed by atoms with Crippen molar-refractivity contribution in [3.63, 3.8) is 0 Å². The van der Waals surface area contributed by atoms with Gasteiger partial charge in [0.2, 0.25) is 10.0 Å². The van der Waals surface area contributed by atoms with Crippen molar-refractivity contribution in [2.24, 2.45) is 5.92 Å². The quantitative estimate of drug-likeness (QED) is 0.821.